The molecule has 1 amide bonds. The number of amides is 1. The standard InChI is InChI=1S/C27H31N5O3/c1-15-11-22-20(27(4,5)9-10-34-22)14-18(15)13-19-7-8-21(35-19)26(33)30-29-23-12-16(2)24-17(3)31-32(6)25(24)28-23/h7-8,11-12,14H,9-10,13H2,1-6H3,(H,28,29)(H,30,33). The first kappa shape index (κ1) is 23.0. The number of furan rings is 1. The van der Waals surface area contributed by atoms with Gasteiger partial charge < -0.3 is 9.15 Å². The minimum atomic E-state index is -0.367. The van der Waals surface area contributed by atoms with Gasteiger partial charge in [-0.15, -0.1) is 0 Å². The molecule has 8 heteroatoms. The lowest BCUT2D eigenvalue weighted by atomic mass is 9.78. The zero-order valence-corrected chi connectivity index (χ0v) is 21.1. The minimum absolute atomic E-state index is 0.0689. The second-order valence-corrected chi connectivity index (χ2v) is 10.0. The lowest BCUT2D eigenvalue weighted by Crippen LogP contribution is -2.29. The summed E-state index contributed by atoms with van der Waals surface area (Å²) in [5.41, 5.74) is 11.9. The molecule has 0 fully saturated rings. The number of fused-ring (bicyclic) bond motifs is 2. The summed E-state index contributed by atoms with van der Waals surface area (Å²) < 4.78 is 13.5. The van der Waals surface area contributed by atoms with Gasteiger partial charge in [-0.3, -0.25) is 20.3 Å². The highest BCUT2D eigenvalue weighted by Crippen LogP contribution is 2.40. The highest BCUT2D eigenvalue weighted by Gasteiger charge is 2.29. The number of aryl methyl sites for hydroxylation is 4. The van der Waals surface area contributed by atoms with Crippen LogP contribution in [-0.2, 0) is 18.9 Å². The van der Waals surface area contributed by atoms with Gasteiger partial charge in [-0.05, 0) is 73.6 Å². The van der Waals surface area contributed by atoms with E-state index in [2.05, 4.69) is 53.8 Å². The molecule has 5 rings (SSSR count). The van der Waals surface area contributed by atoms with Crippen LogP contribution in [0.5, 0.6) is 5.75 Å². The Morgan fingerprint density at radius 1 is 1.14 bits per heavy atom. The average molecular weight is 474 g/mol. The Balaban J connectivity index is 1.29. The number of nitrogens with one attached hydrogen (secondary N) is 2. The molecule has 182 valence electrons. The number of aromatic nitrogens is 3. The molecule has 0 spiro atoms. The van der Waals surface area contributed by atoms with Crippen LogP contribution in [0.25, 0.3) is 11.0 Å². The molecule has 4 heterocycles. The highest BCUT2D eigenvalue weighted by molar-refractivity contribution is 5.92. The number of carbonyl (C=O) groups is 1. The van der Waals surface area contributed by atoms with E-state index in [0.717, 1.165) is 52.4 Å². The maximum atomic E-state index is 12.7. The first-order valence-corrected chi connectivity index (χ1v) is 11.9. The number of hydrogen-bond acceptors (Lipinski definition) is 6. The van der Waals surface area contributed by atoms with Gasteiger partial charge in [-0.25, -0.2) is 4.98 Å². The molecule has 35 heavy (non-hydrogen) atoms. The van der Waals surface area contributed by atoms with Crippen molar-refractivity contribution in [2.24, 2.45) is 7.05 Å². The third kappa shape index (κ3) is 4.24. The summed E-state index contributed by atoms with van der Waals surface area (Å²) in [5.74, 6) is 2.10. The molecule has 2 N–H and O–H groups in total. The Hall–Kier alpha value is -3.81. The third-order valence-corrected chi connectivity index (χ3v) is 6.87. The Morgan fingerprint density at radius 2 is 1.94 bits per heavy atom. The molecule has 0 saturated carbocycles. The van der Waals surface area contributed by atoms with Crippen molar-refractivity contribution >= 4 is 22.8 Å². The number of nitrogens with zero attached hydrogens (tertiary/aromatic N) is 3. The molecule has 1 aliphatic rings. The molecule has 8 nitrogen and oxygen atoms in total. The molecule has 0 atom stereocenters. The van der Waals surface area contributed by atoms with Crippen LogP contribution in [0.15, 0.2) is 34.7 Å². The molecule has 1 aliphatic heterocycles. The fourth-order valence-corrected chi connectivity index (χ4v) is 4.80. The molecule has 0 unspecified atom stereocenters. The molecular formula is C27H31N5O3. The molecule has 0 bridgehead atoms. The van der Waals surface area contributed by atoms with E-state index in [9.17, 15) is 4.79 Å². The van der Waals surface area contributed by atoms with Crippen LogP contribution in [0.3, 0.4) is 0 Å². The summed E-state index contributed by atoms with van der Waals surface area (Å²) in [6, 6.07) is 9.76. The Kier molecular flexibility index (Phi) is 5.54. The predicted molar refractivity (Wildman–Crippen MR) is 135 cm³/mol. The lowest BCUT2D eigenvalue weighted by Gasteiger charge is -2.33. The number of anilines is 1. The third-order valence-electron chi connectivity index (χ3n) is 6.87. The number of carbonyl (C=O) groups excluding carboxylic acids is 1. The molecule has 1 aromatic carbocycles. The fraction of sp³-hybridized carbons (Fsp3) is 0.370. The van der Waals surface area contributed by atoms with E-state index < -0.39 is 0 Å². The smallest absolute Gasteiger partial charge is 0.305 e. The van der Waals surface area contributed by atoms with Gasteiger partial charge in [-0.2, -0.15) is 5.10 Å². The average Bonchev–Trinajstić information content (AvgIpc) is 3.37. The molecule has 0 aliphatic carbocycles. The predicted octanol–water partition coefficient (Wildman–Crippen LogP) is 4.89. The second-order valence-electron chi connectivity index (χ2n) is 10.0. The van der Waals surface area contributed by atoms with Gasteiger partial charge in [0.15, 0.2) is 11.4 Å². The highest BCUT2D eigenvalue weighted by atomic mass is 16.5. The van der Waals surface area contributed by atoms with Crippen LogP contribution in [0.2, 0.25) is 0 Å². The summed E-state index contributed by atoms with van der Waals surface area (Å²) in [6.45, 7) is 11.3. The van der Waals surface area contributed by atoms with Crippen LogP contribution in [0.4, 0.5) is 5.82 Å². The van der Waals surface area contributed by atoms with Gasteiger partial charge in [0.2, 0.25) is 0 Å². The molecule has 4 aromatic rings. The number of hydrazine groups is 1. The summed E-state index contributed by atoms with van der Waals surface area (Å²) >= 11 is 0. The van der Waals surface area contributed by atoms with Gasteiger partial charge in [0.25, 0.3) is 0 Å². The van der Waals surface area contributed by atoms with Crippen LogP contribution in [0, 0.1) is 20.8 Å². The SMILES string of the molecule is Cc1cc2c(cc1Cc1ccc(C(=O)NNc3cc(C)c4c(C)nn(C)c4n3)o1)C(C)(C)CCO2. The number of hydrogen-bond donors (Lipinski definition) is 2. The quantitative estimate of drug-likeness (QED) is 0.401. The van der Waals surface area contributed by atoms with Gasteiger partial charge in [0.1, 0.15) is 17.3 Å². The zero-order valence-electron chi connectivity index (χ0n) is 21.1. The van der Waals surface area contributed by atoms with Gasteiger partial charge >= 0.3 is 5.91 Å². The summed E-state index contributed by atoms with van der Waals surface area (Å²) in [6.07, 6.45) is 1.59. The maximum Gasteiger partial charge on any atom is 0.305 e. The topological polar surface area (TPSA) is 94.2 Å². The summed E-state index contributed by atoms with van der Waals surface area (Å²) in [7, 11) is 1.85. The van der Waals surface area contributed by atoms with E-state index >= 15 is 0 Å². The van der Waals surface area contributed by atoms with E-state index in [4.69, 9.17) is 9.15 Å². The van der Waals surface area contributed by atoms with Gasteiger partial charge in [0, 0.05) is 24.4 Å². The summed E-state index contributed by atoms with van der Waals surface area (Å²) in [5, 5.41) is 5.45. The van der Waals surface area contributed by atoms with Crippen molar-refractivity contribution in [3.8, 4) is 5.75 Å². The van der Waals surface area contributed by atoms with Crippen LogP contribution >= 0.6 is 0 Å². The van der Waals surface area contributed by atoms with Crippen LogP contribution in [0.1, 0.15) is 64.5 Å². The Bertz CT molecular complexity index is 1450. The van der Waals surface area contributed by atoms with E-state index in [1.165, 1.54) is 11.1 Å². The Morgan fingerprint density at radius 3 is 2.74 bits per heavy atom. The summed E-state index contributed by atoms with van der Waals surface area (Å²) in [4.78, 5) is 17.3. The van der Waals surface area contributed by atoms with Crippen molar-refractivity contribution in [3.63, 3.8) is 0 Å². The van der Waals surface area contributed by atoms with Crippen molar-refractivity contribution in [2.45, 2.75) is 52.9 Å². The molecule has 0 saturated heterocycles. The van der Waals surface area contributed by atoms with E-state index in [0.29, 0.717) is 12.2 Å². The second kappa shape index (κ2) is 8.45. The maximum absolute atomic E-state index is 12.7. The number of ether oxygens (including phenoxy) is 1. The zero-order chi connectivity index (χ0) is 24.9. The first-order chi connectivity index (χ1) is 16.6. The van der Waals surface area contributed by atoms with Gasteiger partial charge in [-0.1, -0.05) is 19.9 Å². The Labute approximate surface area is 204 Å². The lowest BCUT2D eigenvalue weighted by molar-refractivity contribution is 0.0933. The van der Waals surface area contributed by atoms with Crippen molar-refractivity contribution in [2.75, 3.05) is 12.0 Å². The van der Waals surface area contributed by atoms with Crippen molar-refractivity contribution in [3.05, 3.63) is 69.8 Å². The largest absolute Gasteiger partial charge is 0.493 e. The molecule has 0 radical (unpaired) electrons. The van der Waals surface area contributed by atoms with Crippen LogP contribution < -0.4 is 15.6 Å². The van der Waals surface area contributed by atoms with E-state index in [1.54, 1.807) is 10.7 Å². The number of rotatable bonds is 5. The van der Waals surface area contributed by atoms with E-state index in [-0.39, 0.29) is 17.1 Å². The van der Waals surface area contributed by atoms with Crippen LogP contribution in [-0.4, -0.2) is 27.3 Å². The monoisotopic (exact) mass is 473 g/mol. The molecule has 3 aromatic heterocycles. The minimum Gasteiger partial charge on any atom is -0.493 e. The van der Waals surface area contributed by atoms with Crippen molar-refractivity contribution in [1.82, 2.24) is 20.2 Å². The first-order valence-electron chi connectivity index (χ1n) is 11.9. The number of pyridine rings is 1. The van der Waals surface area contributed by atoms with E-state index in [1.807, 2.05) is 33.0 Å². The molecular weight excluding hydrogens is 442 g/mol. The normalized spacial score (nSPS) is 14.5. The van der Waals surface area contributed by atoms with Crippen molar-refractivity contribution < 1.29 is 13.9 Å². The number of benzene rings is 1. The van der Waals surface area contributed by atoms with Gasteiger partial charge in [0.05, 0.1) is 12.3 Å². The van der Waals surface area contributed by atoms with Crippen molar-refractivity contribution in [1.29, 1.82) is 0 Å². The fourth-order valence-electron chi connectivity index (χ4n) is 4.80.